The molecule has 0 atom stereocenters. The van der Waals surface area contributed by atoms with Gasteiger partial charge in [-0.1, -0.05) is 29.8 Å². The van der Waals surface area contributed by atoms with Gasteiger partial charge in [-0.25, -0.2) is 0 Å². The van der Waals surface area contributed by atoms with Gasteiger partial charge >= 0.3 is 0 Å². The zero-order valence-electron chi connectivity index (χ0n) is 16.3. The quantitative estimate of drug-likeness (QED) is 0.635. The number of hydrogen-bond donors (Lipinski definition) is 2. The molecular weight excluding hydrogens is 352 g/mol. The summed E-state index contributed by atoms with van der Waals surface area (Å²) in [6.45, 7) is 5.99. The molecule has 1 heterocycles. The zero-order chi connectivity index (χ0) is 19.9. The summed E-state index contributed by atoms with van der Waals surface area (Å²) in [5, 5.41) is 14.1. The van der Waals surface area contributed by atoms with E-state index in [0.717, 1.165) is 17.0 Å². The maximum Gasteiger partial charge on any atom is 0.229 e. The van der Waals surface area contributed by atoms with Crippen molar-refractivity contribution >= 4 is 23.2 Å². The van der Waals surface area contributed by atoms with Crippen LogP contribution in [0.3, 0.4) is 0 Å². The second kappa shape index (κ2) is 8.99. The Labute approximate surface area is 165 Å². The Morgan fingerprint density at radius 2 is 1.57 bits per heavy atom. The third-order valence-electron chi connectivity index (χ3n) is 3.92. The lowest BCUT2D eigenvalue weighted by molar-refractivity contribution is -0.115. The van der Waals surface area contributed by atoms with Gasteiger partial charge in [0.15, 0.2) is 11.6 Å². The van der Waals surface area contributed by atoms with Crippen molar-refractivity contribution in [1.29, 1.82) is 0 Å². The fraction of sp³-hybridized carbons (Fsp3) is 0.227. The van der Waals surface area contributed by atoms with Crippen LogP contribution in [-0.4, -0.2) is 22.2 Å². The third-order valence-corrected chi connectivity index (χ3v) is 3.92. The molecule has 0 aliphatic heterocycles. The summed E-state index contributed by atoms with van der Waals surface area (Å²) >= 11 is 0. The summed E-state index contributed by atoms with van der Waals surface area (Å²) in [7, 11) is 0. The molecule has 0 aliphatic rings. The molecule has 0 fully saturated rings. The third kappa shape index (κ3) is 5.81. The topological polar surface area (TPSA) is 76.1 Å². The van der Waals surface area contributed by atoms with Crippen molar-refractivity contribution in [2.45, 2.75) is 33.3 Å². The van der Waals surface area contributed by atoms with Gasteiger partial charge in [-0.05, 0) is 62.7 Å². The van der Waals surface area contributed by atoms with Crippen LogP contribution in [0.5, 0.6) is 5.75 Å². The number of ether oxygens (including phenoxy) is 1. The first-order valence-electron chi connectivity index (χ1n) is 9.21. The Kier molecular flexibility index (Phi) is 6.22. The summed E-state index contributed by atoms with van der Waals surface area (Å²) in [5.41, 5.74) is 3.00. The number of benzene rings is 2. The first kappa shape index (κ1) is 19.4. The van der Waals surface area contributed by atoms with Crippen molar-refractivity contribution in [2.75, 3.05) is 10.6 Å². The van der Waals surface area contributed by atoms with Crippen molar-refractivity contribution in [2.24, 2.45) is 0 Å². The molecule has 0 unspecified atom stereocenters. The van der Waals surface area contributed by atoms with Crippen molar-refractivity contribution < 1.29 is 9.53 Å². The number of rotatable bonds is 7. The van der Waals surface area contributed by atoms with E-state index in [0.29, 0.717) is 18.1 Å². The van der Waals surface area contributed by atoms with E-state index in [-0.39, 0.29) is 12.0 Å². The number of nitrogens with one attached hydrogen (secondary N) is 2. The minimum absolute atomic E-state index is 0.125. The number of aryl methyl sites for hydroxylation is 1. The van der Waals surface area contributed by atoms with E-state index in [1.165, 1.54) is 5.56 Å². The highest BCUT2D eigenvalue weighted by Crippen LogP contribution is 2.20. The van der Waals surface area contributed by atoms with Crippen LogP contribution in [0.2, 0.25) is 0 Å². The standard InChI is InChI=1S/C22H24N4O2/c1-15(2)28-19-10-8-18(9-11-19)23-20-12-13-21(26-25-20)24-22(27)14-17-6-4-16(3)5-7-17/h4-13,15H,14H2,1-3H3,(H,23,25)(H,24,26,27). The van der Waals surface area contributed by atoms with Crippen LogP contribution in [0.4, 0.5) is 17.3 Å². The Bertz CT molecular complexity index is 905. The van der Waals surface area contributed by atoms with Gasteiger partial charge < -0.3 is 15.4 Å². The molecular formula is C22H24N4O2. The summed E-state index contributed by atoms with van der Waals surface area (Å²) < 4.78 is 5.62. The Morgan fingerprint density at radius 3 is 2.18 bits per heavy atom. The number of nitrogens with zero attached hydrogens (tertiary/aromatic N) is 2. The molecule has 6 heteroatoms. The molecule has 6 nitrogen and oxygen atoms in total. The number of anilines is 3. The fourth-order valence-corrected chi connectivity index (χ4v) is 2.58. The van der Waals surface area contributed by atoms with E-state index in [1.54, 1.807) is 12.1 Å². The SMILES string of the molecule is Cc1ccc(CC(=O)Nc2ccc(Nc3ccc(OC(C)C)cc3)nn2)cc1. The fourth-order valence-electron chi connectivity index (χ4n) is 2.58. The van der Waals surface area contributed by atoms with Crippen LogP contribution in [0.15, 0.2) is 60.7 Å². The first-order chi connectivity index (χ1) is 13.5. The number of amides is 1. The zero-order valence-corrected chi connectivity index (χ0v) is 16.3. The largest absolute Gasteiger partial charge is 0.491 e. The summed E-state index contributed by atoms with van der Waals surface area (Å²) in [6.07, 6.45) is 0.436. The molecule has 0 radical (unpaired) electrons. The van der Waals surface area contributed by atoms with Crippen LogP contribution in [0.25, 0.3) is 0 Å². The predicted molar refractivity (Wildman–Crippen MR) is 111 cm³/mol. The Balaban J connectivity index is 1.54. The molecule has 0 spiro atoms. The molecule has 3 rings (SSSR count). The molecule has 3 aromatic rings. The number of carbonyl (C=O) groups is 1. The lowest BCUT2D eigenvalue weighted by Crippen LogP contribution is -2.15. The van der Waals surface area contributed by atoms with Crippen LogP contribution in [0.1, 0.15) is 25.0 Å². The molecule has 1 amide bonds. The molecule has 0 aliphatic carbocycles. The van der Waals surface area contributed by atoms with Gasteiger partial charge in [0.25, 0.3) is 0 Å². The number of carbonyl (C=O) groups excluding carboxylic acids is 1. The summed E-state index contributed by atoms with van der Waals surface area (Å²) in [6, 6.07) is 19.0. The number of hydrogen-bond acceptors (Lipinski definition) is 5. The highest BCUT2D eigenvalue weighted by Gasteiger charge is 2.06. The van der Waals surface area contributed by atoms with Gasteiger partial charge in [-0.3, -0.25) is 4.79 Å². The van der Waals surface area contributed by atoms with Gasteiger partial charge in [0.05, 0.1) is 12.5 Å². The Morgan fingerprint density at radius 1 is 0.929 bits per heavy atom. The second-order valence-corrected chi connectivity index (χ2v) is 6.83. The highest BCUT2D eigenvalue weighted by molar-refractivity contribution is 5.91. The monoisotopic (exact) mass is 376 g/mol. The summed E-state index contributed by atoms with van der Waals surface area (Å²) in [4.78, 5) is 12.1. The van der Waals surface area contributed by atoms with Crippen molar-refractivity contribution in [3.05, 3.63) is 71.8 Å². The first-order valence-corrected chi connectivity index (χ1v) is 9.21. The molecule has 0 saturated heterocycles. The maximum atomic E-state index is 12.1. The molecule has 2 aromatic carbocycles. The normalized spacial score (nSPS) is 10.6. The number of aromatic nitrogens is 2. The average molecular weight is 376 g/mol. The van der Waals surface area contributed by atoms with Gasteiger partial charge in [0, 0.05) is 5.69 Å². The van der Waals surface area contributed by atoms with Gasteiger partial charge in [0.1, 0.15) is 5.75 Å². The van der Waals surface area contributed by atoms with Gasteiger partial charge in [-0.15, -0.1) is 10.2 Å². The molecule has 1 aromatic heterocycles. The van der Waals surface area contributed by atoms with E-state index in [9.17, 15) is 4.79 Å². The summed E-state index contributed by atoms with van der Waals surface area (Å²) in [5.74, 6) is 1.70. The molecule has 0 bridgehead atoms. The lowest BCUT2D eigenvalue weighted by atomic mass is 10.1. The van der Waals surface area contributed by atoms with E-state index in [1.807, 2.05) is 69.3 Å². The van der Waals surface area contributed by atoms with Crippen molar-refractivity contribution in [1.82, 2.24) is 10.2 Å². The minimum Gasteiger partial charge on any atom is -0.491 e. The minimum atomic E-state index is -0.125. The van der Waals surface area contributed by atoms with Crippen molar-refractivity contribution in [3.8, 4) is 5.75 Å². The highest BCUT2D eigenvalue weighted by atomic mass is 16.5. The predicted octanol–water partition coefficient (Wildman–Crippen LogP) is 4.50. The lowest BCUT2D eigenvalue weighted by Gasteiger charge is -2.11. The van der Waals surface area contributed by atoms with Gasteiger partial charge in [0.2, 0.25) is 5.91 Å². The maximum absolute atomic E-state index is 12.1. The Hall–Kier alpha value is -3.41. The molecule has 2 N–H and O–H groups in total. The molecule has 28 heavy (non-hydrogen) atoms. The average Bonchev–Trinajstić information content (AvgIpc) is 2.66. The van der Waals surface area contributed by atoms with Crippen LogP contribution in [-0.2, 0) is 11.2 Å². The van der Waals surface area contributed by atoms with Crippen molar-refractivity contribution in [3.63, 3.8) is 0 Å². The van der Waals surface area contributed by atoms with E-state index >= 15 is 0 Å². The van der Waals surface area contributed by atoms with Crippen LogP contribution >= 0.6 is 0 Å². The smallest absolute Gasteiger partial charge is 0.229 e. The van der Waals surface area contributed by atoms with E-state index < -0.39 is 0 Å². The van der Waals surface area contributed by atoms with E-state index in [4.69, 9.17) is 4.74 Å². The van der Waals surface area contributed by atoms with Gasteiger partial charge in [-0.2, -0.15) is 0 Å². The van der Waals surface area contributed by atoms with Crippen LogP contribution in [0, 0.1) is 6.92 Å². The van der Waals surface area contributed by atoms with Crippen LogP contribution < -0.4 is 15.4 Å². The molecule has 144 valence electrons. The van der Waals surface area contributed by atoms with E-state index in [2.05, 4.69) is 20.8 Å². The second-order valence-electron chi connectivity index (χ2n) is 6.83. The molecule has 0 saturated carbocycles.